The zero-order chi connectivity index (χ0) is 14.4. The van der Waals surface area contributed by atoms with Crippen molar-refractivity contribution in [3.05, 3.63) is 42.1 Å². The van der Waals surface area contributed by atoms with Gasteiger partial charge in [-0.2, -0.15) is 11.8 Å². The molecular weight excluding hydrogens is 270 g/mol. The Bertz CT molecular complexity index is 493. The molecule has 108 valence electrons. The number of thioether (sulfide) groups is 1. The zero-order valence-electron chi connectivity index (χ0n) is 12.1. The molecule has 1 aliphatic rings. The maximum absolute atomic E-state index is 5.31. The molecule has 1 fully saturated rings. The topological polar surface area (TPSA) is 21.7 Å². The zero-order valence-corrected chi connectivity index (χ0v) is 12.9. The lowest BCUT2D eigenvalue weighted by molar-refractivity contribution is 0.355. The maximum Gasteiger partial charge on any atom is 0.161 e. The summed E-state index contributed by atoms with van der Waals surface area (Å²) in [4.78, 5) is 2.33. The summed E-state index contributed by atoms with van der Waals surface area (Å²) in [5.41, 5.74) is 2.15. The lowest BCUT2D eigenvalue weighted by Gasteiger charge is -2.28. The number of methoxy groups -OCH3 is 2. The van der Waals surface area contributed by atoms with E-state index < -0.39 is 0 Å². The van der Waals surface area contributed by atoms with Gasteiger partial charge < -0.3 is 14.4 Å². The van der Waals surface area contributed by atoms with Crippen LogP contribution in [0.5, 0.6) is 11.5 Å². The smallest absolute Gasteiger partial charge is 0.161 e. The third-order valence-electron chi connectivity index (χ3n) is 3.29. The number of ether oxygens (including phenoxy) is 2. The van der Waals surface area contributed by atoms with E-state index in [0.717, 1.165) is 35.8 Å². The predicted molar refractivity (Wildman–Crippen MR) is 86.6 cm³/mol. The minimum Gasteiger partial charge on any atom is -0.493 e. The summed E-state index contributed by atoms with van der Waals surface area (Å²) in [6.45, 7) is 6.31. The van der Waals surface area contributed by atoms with Crippen LogP contribution in [0.4, 0.5) is 0 Å². The van der Waals surface area contributed by atoms with Crippen LogP contribution in [0.25, 0.3) is 6.08 Å². The minimum absolute atomic E-state index is 0.745. The van der Waals surface area contributed by atoms with Gasteiger partial charge in [0.15, 0.2) is 11.5 Å². The molecule has 0 aliphatic carbocycles. The summed E-state index contributed by atoms with van der Waals surface area (Å²) in [5, 5.41) is 0. The summed E-state index contributed by atoms with van der Waals surface area (Å²) < 4.78 is 10.5. The van der Waals surface area contributed by atoms with Crippen LogP contribution in [0.15, 0.2) is 36.6 Å². The second-order valence-electron chi connectivity index (χ2n) is 4.54. The second kappa shape index (κ2) is 7.29. The fourth-order valence-corrected chi connectivity index (χ4v) is 3.01. The third kappa shape index (κ3) is 3.73. The van der Waals surface area contributed by atoms with Crippen molar-refractivity contribution in [3.63, 3.8) is 0 Å². The van der Waals surface area contributed by atoms with Crippen LogP contribution in [0.1, 0.15) is 5.56 Å². The molecule has 1 saturated heterocycles. The van der Waals surface area contributed by atoms with Gasteiger partial charge >= 0.3 is 0 Å². The first-order valence-corrected chi connectivity index (χ1v) is 7.82. The van der Waals surface area contributed by atoms with Crippen LogP contribution in [-0.4, -0.2) is 43.7 Å². The van der Waals surface area contributed by atoms with E-state index >= 15 is 0 Å². The van der Waals surface area contributed by atoms with E-state index in [4.69, 9.17) is 9.47 Å². The van der Waals surface area contributed by atoms with Crippen molar-refractivity contribution in [1.82, 2.24) is 4.90 Å². The molecule has 2 rings (SSSR count). The molecule has 0 atom stereocenters. The first-order chi connectivity index (χ1) is 9.74. The van der Waals surface area contributed by atoms with E-state index in [0.29, 0.717) is 0 Å². The molecule has 0 amide bonds. The normalized spacial score (nSPS) is 15.4. The summed E-state index contributed by atoms with van der Waals surface area (Å²) >= 11 is 2.00. The molecule has 0 bridgehead atoms. The van der Waals surface area contributed by atoms with Crippen LogP contribution in [0.3, 0.4) is 0 Å². The van der Waals surface area contributed by atoms with Gasteiger partial charge in [0.25, 0.3) is 0 Å². The van der Waals surface area contributed by atoms with E-state index in [1.807, 2.05) is 30.0 Å². The molecule has 0 unspecified atom stereocenters. The quantitative estimate of drug-likeness (QED) is 0.776. The number of allylic oxidation sites excluding steroid dienone is 1. The molecule has 1 aromatic rings. The van der Waals surface area contributed by atoms with Crippen molar-refractivity contribution < 1.29 is 9.47 Å². The SMILES string of the molecule is C=C(/C=C/c1ccc(OC)c(OC)c1)N1CCSCC1. The Kier molecular flexibility index (Phi) is 5.41. The maximum atomic E-state index is 5.31. The van der Waals surface area contributed by atoms with E-state index in [2.05, 4.69) is 23.6 Å². The Morgan fingerprint density at radius 2 is 1.90 bits per heavy atom. The van der Waals surface area contributed by atoms with Gasteiger partial charge in [0.05, 0.1) is 14.2 Å². The van der Waals surface area contributed by atoms with Crippen LogP contribution >= 0.6 is 11.8 Å². The number of hydrogen-bond donors (Lipinski definition) is 0. The Labute approximate surface area is 125 Å². The Morgan fingerprint density at radius 3 is 2.55 bits per heavy atom. The van der Waals surface area contributed by atoms with Crippen molar-refractivity contribution in [2.45, 2.75) is 0 Å². The van der Waals surface area contributed by atoms with Crippen LogP contribution in [0.2, 0.25) is 0 Å². The van der Waals surface area contributed by atoms with E-state index in [-0.39, 0.29) is 0 Å². The first kappa shape index (κ1) is 14.9. The highest BCUT2D eigenvalue weighted by molar-refractivity contribution is 7.99. The van der Waals surface area contributed by atoms with Gasteiger partial charge in [0.2, 0.25) is 0 Å². The number of hydrogen-bond acceptors (Lipinski definition) is 4. The standard InChI is InChI=1S/C16H21NO2S/c1-13(17-8-10-20-11-9-17)4-5-14-6-7-15(18-2)16(12-14)19-3/h4-7,12H,1,8-11H2,2-3H3/b5-4+. The van der Waals surface area contributed by atoms with Crippen molar-refractivity contribution in [1.29, 1.82) is 0 Å². The Morgan fingerprint density at radius 1 is 1.20 bits per heavy atom. The molecule has 20 heavy (non-hydrogen) atoms. The summed E-state index contributed by atoms with van der Waals surface area (Å²) in [5.74, 6) is 3.86. The molecule has 3 nitrogen and oxygen atoms in total. The first-order valence-electron chi connectivity index (χ1n) is 6.66. The number of benzene rings is 1. The molecule has 1 heterocycles. The average Bonchev–Trinajstić information content (AvgIpc) is 2.53. The molecule has 1 aliphatic heterocycles. The lowest BCUT2D eigenvalue weighted by atomic mass is 10.1. The molecule has 0 saturated carbocycles. The van der Waals surface area contributed by atoms with Crippen molar-refractivity contribution in [2.75, 3.05) is 38.8 Å². The van der Waals surface area contributed by atoms with Crippen LogP contribution < -0.4 is 9.47 Å². The fraction of sp³-hybridized carbons (Fsp3) is 0.375. The molecule has 0 aromatic heterocycles. The average molecular weight is 291 g/mol. The van der Waals surface area contributed by atoms with Crippen molar-refractivity contribution in [3.8, 4) is 11.5 Å². The fourth-order valence-electron chi connectivity index (χ4n) is 2.10. The monoisotopic (exact) mass is 291 g/mol. The number of nitrogens with zero attached hydrogens (tertiary/aromatic N) is 1. The van der Waals surface area contributed by atoms with Gasteiger partial charge in [-0.1, -0.05) is 18.7 Å². The van der Waals surface area contributed by atoms with Gasteiger partial charge in [0, 0.05) is 30.3 Å². The van der Waals surface area contributed by atoms with E-state index in [1.54, 1.807) is 14.2 Å². The lowest BCUT2D eigenvalue weighted by Crippen LogP contribution is -2.30. The molecule has 1 aromatic carbocycles. The van der Waals surface area contributed by atoms with Gasteiger partial charge in [-0.3, -0.25) is 0 Å². The molecule has 0 spiro atoms. The molecular formula is C16H21NO2S. The highest BCUT2D eigenvalue weighted by Gasteiger charge is 2.10. The minimum atomic E-state index is 0.745. The highest BCUT2D eigenvalue weighted by Crippen LogP contribution is 2.28. The summed E-state index contributed by atoms with van der Waals surface area (Å²) in [6.07, 6.45) is 4.13. The Balaban J connectivity index is 2.04. The second-order valence-corrected chi connectivity index (χ2v) is 5.76. The Hall–Kier alpha value is -1.55. The third-order valence-corrected chi connectivity index (χ3v) is 4.24. The molecule has 0 radical (unpaired) electrons. The molecule has 0 N–H and O–H groups in total. The van der Waals surface area contributed by atoms with Gasteiger partial charge in [-0.05, 0) is 23.8 Å². The van der Waals surface area contributed by atoms with Gasteiger partial charge in [-0.25, -0.2) is 0 Å². The van der Waals surface area contributed by atoms with Crippen molar-refractivity contribution in [2.24, 2.45) is 0 Å². The van der Waals surface area contributed by atoms with Gasteiger partial charge in [-0.15, -0.1) is 0 Å². The largest absolute Gasteiger partial charge is 0.493 e. The highest BCUT2D eigenvalue weighted by atomic mass is 32.2. The van der Waals surface area contributed by atoms with Crippen LogP contribution in [0, 0.1) is 0 Å². The molecule has 4 heteroatoms. The van der Waals surface area contributed by atoms with E-state index in [1.165, 1.54) is 11.5 Å². The van der Waals surface area contributed by atoms with Crippen molar-refractivity contribution >= 4 is 17.8 Å². The summed E-state index contributed by atoms with van der Waals surface area (Å²) in [6, 6.07) is 5.89. The van der Waals surface area contributed by atoms with E-state index in [9.17, 15) is 0 Å². The van der Waals surface area contributed by atoms with Crippen LogP contribution in [-0.2, 0) is 0 Å². The predicted octanol–water partition coefficient (Wildman–Crippen LogP) is 3.28. The number of rotatable bonds is 5. The summed E-state index contributed by atoms with van der Waals surface area (Å²) in [7, 11) is 3.29. The van der Waals surface area contributed by atoms with Gasteiger partial charge in [0.1, 0.15) is 0 Å².